The van der Waals surface area contributed by atoms with E-state index in [4.69, 9.17) is 5.11 Å². The van der Waals surface area contributed by atoms with E-state index in [1.165, 1.54) is 10.4 Å². The highest BCUT2D eigenvalue weighted by molar-refractivity contribution is 7.10. The first-order valence-corrected chi connectivity index (χ1v) is 7.59. The SMILES string of the molecule is CC(C)(CCO)NCC(=O)N1CCc2sccc2C1. The maximum Gasteiger partial charge on any atom is 0.236 e. The van der Waals surface area contributed by atoms with Crippen LogP contribution in [0, 0.1) is 0 Å². The molecule has 0 radical (unpaired) electrons. The topological polar surface area (TPSA) is 52.6 Å². The fourth-order valence-corrected chi connectivity index (χ4v) is 3.15. The number of thiophene rings is 1. The van der Waals surface area contributed by atoms with Crippen LogP contribution in [-0.2, 0) is 17.8 Å². The number of nitrogens with one attached hydrogen (secondary N) is 1. The minimum absolute atomic E-state index is 0.135. The van der Waals surface area contributed by atoms with Crippen molar-refractivity contribution in [3.63, 3.8) is 0 Å². The normalized spacial score (nSPS) is 15.4. The first kappa shape index (κ1) is 14.5. The molecular formula is C14H22N2O2S. The van der Waals surface area contributed by atoms with Crippen LogP contribution in [0.5, 0.6) is 0 Å². The first-order valence-electron chi connectivity index (χ1n) is 6.71. The number of carbonyl (C=O) groups is 1. The predicted octanol–water partition coefficient (Wildman–Crippen LogP) is 1.38. The monoisotopic (exact) mass is 282 g/mol. The first-order chi connectivity index (χ1) is 9.02. The molecule has 2 N–H and O–H groups in total. The van der Waals surface area contributed by atoms with Gasteiger partial charge in [0.05, 0.1) is 6.54 Å². The van der Waals surface area contributed by atoms with E-state index in [9.17, 15) is 4.79 Å². The van der Waals surface area contributed by atoms with E-state index >= 15 is 0 Å². The Morgan fingerprint density at radius 3 is 3.11 bits per heavy atom. The summed E-state index contributed by atoms with van der Waals surface area (Å²) in [7, 11) is 0. The Morgan fingerprint density at radius 1 is 1.58 bits per heavy atom. The van der Waals surface area contributed by atoms with Gasteiger partial charge in [0.25, 0.3) is 0 Å². The van der Waals surface area contributed by atoms with E-state index < -0.39 is 0 Å². The number of hydrogen-bond donors (Lipinski definition) is 2. The molecule has 0 saturated heterocycles. The molecule has 1 aliphatic rings. The van der Waals surface area contributed by atoms with Gasteiger partial charge in [-0.05, 0) is 43.7 Å². The second-order valence-electron chi connectivity index (χ2n) is 5.65. The molecule has 1 aromatic rings. The number of carbonyl (C=O) groups excluding carboxylic acids is 1. The molecule has 0 aliphatic carbocycles. The molecule has 1 aliphatic heterocycles. The van der Waals surface area contributed by atoms with Crippen molar-refractivity contribution in [1.29, 1.82) is 0 Å². The predicted molar refractivity (Wildman–Crippen MR) is 77.2 cm³/mol. The van der Waals surface area contributed by atoms with Crippen molar-refractivity contribution in [1.82, 2.24) is 10.2 Å². The third kappa shape index (κ3) is 3.78. The molecule has 5 heteroatoms. The lowest BCUT2D eigenvalue weighted by Crippen LogP contribution is -2.47. The van der Waals surface area contributed by atoms with Crippen molar-refractivity contribution in [2.24, 2.45) is 0 Å². The molecule has 0 fully saturated rings. The van der Waals surface area contributed by atoms with Crippen LogP contribution in [0.2, 0.25) is 0 Å². The van der Waals surface area contributed by atoms with Crippen molar-refractivity contribution in [2.45, 2.75) is 38.8 Å². The summed E-state index contributed by atoms with van der Waals surface area (Å²) in [5.41, 5.74) is 1.09. The lowest BCUT2D eigenvalue weighted by Gasteiger charge is -2.30. The van der Waals surface area contributed by atoms with Crippen LogP contribution < -0.4 is 5.32 Å². The molecule has 0 unspecified atom stereocenters. The van der Waals surface area contributed by atoms with Gasteiger partial charge in [-0.25, -0.2) is 0 Å². The van der Waals surface area contributed by atoms with Gasteiger partial charge in [0.1, 0.15) is 0 Å². The molecular weight excluding hydrogens is 260 g/mol. The second kappa shape index (κ2) is 6.03. The molecule has 0 bridgehead atoms. The van der Waals surface area contributed by atoms with Gasteiger partial charge in [0, 0.05) is 30.1 Å². The van der Waals surface area contributed by atoms with Crippen LogP contribution in [0.15, 0.2) is 11.4 Å². The van der Waals surface area contributed by atoms with Gasteiger partial charge in [0.2, 0.25) is 5.91 Å². The van der Waals surface area contributed by atoms with E-state index in [-0.39, 0.29) is 18.1 Å². The number of amides is 1. The Hall–Kier alpha value is -0.910. The van der Waals surface area contributed by atoms with E-state index in [0.717, 1.165) is 19.5 Å². The fourth-order valence-electron chi connectivity index (χ4n) is 2.26. The second-order valence-corrected chi connectivity index (χ2v) is 6.65. The largest absolute Gasteiger partial charge is 0.396 e. The Morgan fingerprint density at radius 2 is 2.37 bits per heavy atom. The quantitative estimate of drug-likeness (QED) is 0.858. The van der Waals surface area contributed by atoms with Crippen molar-refractivity contribution < 1.29 is 9.90 Å². The van der Waals surface area contributed by atoms with Gasteiger partial charge >= 0.3 is 0 Å². The van der Waals surface area contributed by atoms with Crippen LogP contribution >= 0.6 is 11.3 Å². The minimum Gasteiger partial charge on any atom is -0.396 e. The van der Waals surface area contributed by atoms with Gasteiger partial charge < -0.3 is 15.3 Å². The van der Waals surface area contributed by atoms with Crippen molar-refractivity contribution in [3.8, 4) is 0 Å². The fraction of sp³-hybridized carbons (Fsp3) is 0.643. The zero-order valence-electron chi connectivity index (χ0n) is 11.6. The molecule has 106 valence electrons. The van der Waals surface area contributed by atoms with Crippen molar-refractivity contribution >= 4 is 17.2 Å². The highest BCUT2D eigenvalue weighted by Gasteiger charge is 2.23. The Bertz CT molecular complexity index is 442. The summed E-state index contributed by atoms with van der Waals surface area (Å²) in [5.74, 6) is 0.142. The van der Waals surface area contributed by atoms with Gasteiger partial charge in [-0.2, -0.15) is 0 Å². The molecule has 19 heavy (non-hydrogen) atoms. The van der Waals surface area contributed by atoms with Gasteiger partial charge in [-0.3, -0.25) is 4.79 Å². The molecule has 0 saturated carbocycles. The summed E-state index contributed by atoms with van der Waals surface area (Å²) in [6, 6.07) is 2.11. The molecule has 0 spiro atoms. The van der Waals surface area contributed by atoms with Crippen LogP contribution in [0.1, 0.15) is 30.7 Å². The van der Waals surface area contributed by atoms with Gasteiger partial charge in [0.15, 0.2) is 0 Å². The Labute approximate surface area is 118 Å². The van der Waals surface area contributed by atoms with Crippen LogP contribution in [0.4, 0.5) is 0 Å². The number of aliphatic hydroxyl groups excluding tert-OH is 1. The minimum atomic E-state index is -0.201. The molecule has 2 heterocycles. The maximum absolute atomic E-state index is 12.2. The molecule has 0 atom stereocenters. The summed E-state index contributed by atoms with van der Waals surface area (Å²) >= 11 is 1.78. The Balaban J connectivity index is 1.85. The van der Waals surface area contributed by atoms with E-state index in [1.807, 2.05) is 18.7 Å². The molecule has 0 aromatic carbocycles. The zero-order valence-corrected chi connectivity index (χ0v) is 12.4. The maximum atomic E-state index is 12.2. The molecule has 2 rings (SSSR count). The van der Waals surface area contributed by atoms with Crippen LogP contribution in [-0.4, -0.2) is 41.1 Å². The number of hydrogen-bond acceptors (Lipinski definition) is 4. The standard InChI is InChI=1S/C14H22N2O2S/c1-14(2,5-7-17)15-9-13(18)16-6-3-12-11(10-16)4-8-19-12/h4,8,15,17H,3,5-7,9-10H2,1-2H3. The van der Waals surface area contributed by atoms with E-state index in [2.05, 4.69) is 16.8 Å². The van der Waals surface area contributed by atoms with E-state index in [0.29, 0.717) is 13.0 Å². The van der Waals surface area contributed by atoms with Gasteiger partial charge in [-0.15, -0.1) is 11.3 Å². The average Bonchev–Trinajstić information content (AvgIpc) is 2.83. The zero-order chi connectivity index (χ0) is 13.9. The highest BCUT2D eigenvalue weighted by atomic mass is 32.1. The third-order valence-corrected chi connectivity index (χ3v) is 4.64. The molecule has 1 amide bonds. The summed E-state index contributed by atoms with van der Waals surface area (Å²) in [4.78, 5) is 15.5. The number of aliphatic hydroxyl groups is 1. The summed E-state index contributed by atoms with van der Waals surface area (Å²) in [6.07, 6.45) is 1.62. The molecule has 1 aromatic heterocycles. The molecule has 4 nitrogen and oxygen atoms in total. The average molecular weight is 282 g/mol. The highest BCUT2D eigenvalue weighted by Crippen LogP contribution is 2.23. The Kier molecular flexibility index (Phi) is 4.60. The van der Waals surface area contributed by atoms with Crippen LogP contribution in [0.3, 0.4) is 0 Å². The lowest BCUT2D eigenvalue weighted by molar-refractivity contribution is -0.131. The smallest absolute Gasteiger partial charge is 0.236 e. The van der Waals surface area contributed by atoms with Crippen molar-refractivity contribution in [2.75, 3.05) is 19.7 Å². The summed E-state index contributed by atoms with van der Waals surface area (Å²) in [6.45, 7) is 6.03. The van der Waals surface area contributed by atoms with Crippen molar-refractivity contribution in [3.05, 3.63) is 21.9 Å². The number of rotatable bonds is 5. The summed E-state index contributed by atoms with van der Waals surface area (Å²) < 4.78 is 0. The number of fused-ring (bicyclic) bond motifs is 1. The van der Waals surface area contributed by atoms with E-state index in [1.54, 1.807) is 11.3 Å². The lowest BCUT2D eigenvalue weighted by atomic mass is 10.0. The summed E-state index contributed by atoms with van der Waals surface area (Å²) in [5, 5.41) is 14.3. The van der Waals surface area contributed by atoms with Gasteiger partial charge in [-0.1, -0.05) is 0 Å². The number of nitrogens with zero attached hydrogens (tertiary/aromatic N) is 1. The van der Waals surface area contributed by atoms with Crippen LogP contribution in [0.25, 0.3) is 0 Å². The third-order valence-electron chi connectivity index (χ3n) is 3.62.